The van der Waals surface area contributed by atoms with E-state index in [9.17, 15) is 13.2 Å². The first-order chi connectivity index (χ1) is 6.32. The third-order valence-electron chi connectivity index (χ3n) is 2.02. The molecule has 0 aliphatic carbocycles. The average Bonchev–Trinajstić information content (AvgIpc) is 2.01. The predicted molar refractivity (Wildman–Crippen MR) is 53.9 cm³/mol. The van der Waals surface area contributed by atoms with Crippen LogP contribution in [0.5, 0.6) is 0 Å². The van der Waals surface area contributed by atoms with Gasteiger partial charge in [-0.05, 0) is 12.5 Å². The van der Waals surface area contributed by atoms with Crippen molar-refractivity contribution in [2.75, 3.05) is 0 Å². The quantitative estimate of drug-likeness (QED) is 0.503. The van der Waals surface area contributed by atoms with Gasteiger partial charge in [0.25, 0.3) is 0 Å². The molecule has 1 aromatic rings. The molecule has 1 unspecified atom stereocenters. The van der Waals surface area contributed by atoms with E-state index in [1.165, 1.54) is 20.0 Å². The SMILES string of the molecule is Bc1cc(C(C)Cl)ccc1C(F)(F)F. The van der Waals surface area contributed by atoms with Gasteiger partial charge in [0, 0.05) is 5.56 Å². The summed E-state index contributed by atoms with van der Waals surface area (Å²) < 4.78 is 37.0. The van der Waals surface area contributed by atoms with Gasteiger partial charge in [-0.25, -0.2) is 0 Å². The molecule has 0 radical (unpaired) electrons. The summed E-state index contributed by atoms with van der Waals surface area (Å²) in [4.78, 5) is 0. The summed E-state index contributed by atoms with van der Waals surface area (Å²) in [5.74, 6) is 0. The van der Waals surface area contributed by atoms with Gasteiger partial charge >= 0.3 is 6.18 Å². The maximum absolute atomic E-state index is 12.3. The second kappa shape index (κ2) is 3.85. The Bertz CT molecular complexity index is 333. The molecule has 1 atom stereocenters. The van der Waals surface area contributed by atoms with Gasteiger partial charge in [0.15, 0.2) is 0 Å². The average molecular weight is 220 g/mol. The summed E-state index contributed by atoms with van der Waals surface area (Å²) in [6, 6.07) is 3.96. The predicted octanol–water partition coefficient (Wildman–Crippen LogP) is 2.26. The molecule has 14 heavy (non-hydrogen) atoms. The van der Waals surface area contributed by atoms with Crippen molar-refractivity contribution in [3.05, 3.63) is 29.3 Å². The minimum atomic E-state index is -4.28. The molecule has 0 N–H and O–H groups in total. The first-order valence-corrected chi connectivity index (χ1v) is 4.58. The largest absolute Gasteiger partial charge is 0.415 e. The zero-order valence-corrected chi connectivity index (χ0v) is 8.58. The van der Waals surface area contributed by atoms with E-state index in [4.69, 9.17) is 11.6 Å². The summed E-state index contributed by atoms with van der Waals surface area (Å²) >= 11 is 5.76. The molecule has 0 bridgehead atoms. The Kier molecular flexibility index (Phi) is 3.15. The molecule has 1 aromatic carbocycles. The lowest BCUT2D eigenvalue weighted by Crippen LogP contribution is -2.20. The van der Waals surface area contributed by atoms with Gasteiger partial charge in [-0.2, -0.15) is 13.2 Å². The Labute approximate surface area is 86.5 Å². The fourth-order valence-corrected chi connectivity index (χ4v) is 1.39. The Hall–Kier alpha value is -0.635. The molecule has 5 heteroatoms. The first-order valence-electron chi connectivity index (χ1n) is 4.14. The van der Waals surface area contributed by atoms with Crippen LogP contribution in [0.3, 0.4) is 0 Å². The number of hydrogen-bond donors (Lipinski definition) is 0. The standard InChI is InChI=1S/C9H9BClF3/c1-5(11)6-2-3-7(8(10)4-6)9(12,13)14/h2-5H,10H2,1H3. The van der Waals surface area contributed by atoms with Crippen LogP contribution in [0.25, 0.3) is 0 Å². The third-order valence-corrected chi connectivity index (χ3v) is 2.27. The normalized spacial score (nSPS) is 14.1. The van der Waals surface area contributed by atoms with Crippen LogP contribution >= 0.6 is 11.6 Å². The molecule has 0 heterocycles. The van der Waals surface area contributed by atoms with Gasteiger partial charge in [0.05, 0.1) is 5.38 Å². The molecular weight excluding hydrogens is 211 g/mol. The molecule has 76 valence electrons. The van der Waals surface area contributed by atoms with Crippen molar-refractivity contribution < 1.29 is 13.2 Å². The molecular formula is C9H9BClF3. The highest BCUT2D eigenvalue weighted by molar-refractivity contribution is 6.33. The molecule has 0 saturated carbocycles. The van der Waals surface area contributed by atoms with Crippen molar-refractivity contribution in [1.29, 1.82) is 0 Å². The van der Waals surface area contributed by atoms with Crippen LogP contribution in [0, 0.1) is 0 Å². The van der Waals surface area contributed by atoms with Gasteiger partial charge in [-0.3, -0.25) is 0 Å². The first kappa shape index (κ1) is 11.4. The maximum Gasteiger partial charge on any atom is 0.415 e. The van der Waals surface area contributed by atoms with E-state index in [0.29, 0.717) is 5.56 Å². The number of halogens is 4. The topological polar surface area (TPSA) is 0 Å². The summed E-state index contributed by atoms with van der Waals surface area (Å²) in [5.41, 5.74) is 0.318. The maximum atomic E-state index is 12.3. The Morgan fingerprint density at radius 3 is 2.29 bits per heavy atom. The second-order valence-corrected chi connectivity index (χ2v) is 3.84. The number of hydrogen-bond acceptors (Lipinski definition) is 0. The van der Waals surface area contributed by atoms with E-state index in [1.807, 2.05) is 0 Å². The van der Waals surface area contributed by atoms with Crippen LogP contribution in [0.1, 0.15) is 23.4 Å². The lowest BCUT2D eigenvalue weighted by molar-refractivity contribution is -0.136. The summed E-state index contributed by atoms with van der Waals surface area (Å²) in [7, 11) is 1.44. The van der Waals surface area contributed by atoms with Crippen molar-refractivity contribution in [1.82, 2.24) is 0 Å². The van der Waals surface area contributed by atoms with Gasteiger partial charge in [-0.15, -0.1) is 11.6 Å². The van der Waals surface area contributed by atoms with Crippen molar-refractivity contribution in [3.63, 3.8) is 0 Å². The van der Waals surface area contributed by atoms with E-state index in [2.05, 4.69) is 0 Å². The van der Waals surface area contributed by atoms with Crippen molar-refractivity contribution >= 4 is 24.9 Å². The molecule has 0 spiro atoms. The van der Waals surface area contributed by atoms with Crippen molar-refractivity contribution in [2.24, 2.45) is 0 Å². The monoisotopic (exact) mass is 220 g/mol. The zero-order chi connectivity index (χ0) is 10.9. The Morgan fingerprint density at radius 2 is 1.93 bits per heavy atom. The van der Waals surface area contributed by atoms with E-state index < -0.39 is 11.7 Å². The van der Waals surface area contributed by atoms with Gasteiger partial charge in [0.2, 0.25) is 0 Å². The summed E-state index contributed by atoms with van der Waals surface area (Å²) in [6.45, 7) is 1.73. The fraction of sp³-hybridized carbons (Fsp3) is 0.333. The highest BCUT2D eigenvalue weighted by Gasteiger charge is 2.31. The zero-order valence-electron chi connectivity index (χ0n) is 7.82. The molecule has 0 fully saturated rings. The lowest BCUT2D eigenvalue weighted by Gasteiger charge is -2.12. The molecule has 0 aromatic heterocycles. The molecule has 0 nitrogen and oxygen atoms in total. The second-order valence-electron chi connectivity index (χ2n) is 3.19. The van der Waals surface area contributed by atoms with Crippen LogP contribution in [0.4, 0.5) is 13.2 Å². The summed E-state index contributed by atoms with van der Waals surface area (Å²) in [6.07, 6.45) is -4.28. The van der Waals surface area contributed by atoms with Crippen LogP contribution in [0.15, 0.2) is 18.2 Å². The Morgan fingerprint density at radius 1 is 1.36 bits per heavy atom. The minimum absolute atomic E-state index is 0.211. The van der Waals surface area contributed by atoms with E-state index in [-0.39, 0.29) is 10.8 Å². The van der Waals surface area contributed by atoms with E-state index in [1.54, 1.807) is 6.92 Å². The highest BCUT2D eigenvalue weighted by Crippen LogP contribution is 2.29. The van der Waals surface area contributed by atoms with Crippen molar-refractivity contribution in [3.8, 4) is 0 Å². The summed E-state index contributed by atoms with van der Waals surface area (Å²) in [5, 5.41) is -0.268. The molecule has 0 amide bonds. The molecule has 0 aliphatic rings. The van der Waals surface area contributed by atoms with Crippen LogP contribution < -0.4 is 5.46 Å². The molecule has 0 saturated heterocycles. The van der Waals surface area contributed by atoms with Crippen LogP contribution in [-0.2, 0) is 6.18 Å². The van der Waals surface area contributed by atoms with Gasteiger partial charge in [-0.1, -0.05) is 23.7 Å². The smallest absolute Gasteiger partial charge is 0.166 e. The number of rotatable bonds is 1. The number of alkyl halides is 4. The molecule has 0 aliphatic heterocycles. The van der Waals surface area contributed by atoms with Crippen LogP contribution in [0.2, 0.25) is 0 Å². The molecule has 1 rings (SSSR count). The van der Waals surface area contributed by atoms with Gasteiger partial charge in [0.1, 0.15) is 7.85 Å². The fourth-order valence-electron chi connectivity index (χ4n) is 1.25. The minimum Gasteiger partial charge on any atom is -0.166 e. The van der Waals surface area contributed by atoms with Gasteiger partial charge < -0.3 is 0 Å². The van der Waals surface area contributed by atoms with E-state index >= 15 is 0 Å². The van der Waals surface area contributed by atoms with Crippen molar-refractivity contribution in [2.45, 2.75) is 18.5 Å². The lowest BCUT2D eigenvalue weighted by atomic mass is 9.88. The van der Waals surface area contributed by atoms with E-state index in [0.717, 1.165) is 6.07 Å². The highest BCUT2D eigenvalue weighted by atomic mass is 35.5. The van der Waals surface area contributed by atoms with Crippen LogP contribution in [-0.4, -0.2) is 7.85 Å². The number of benzene rings is 1. The Balaban J connectivity index is 3.15. The third kappa shape index (κ3) is 2.44.